The van der Waals surface area contributed by atoms with E-state index in [1.165, 1.54) is 0 Å². The third-order valence-electron chi connectivity index (χ3n) is 4.60. The van der Waals surface area contributed by atoms with Crippen LogP contribution in [0.4, 0.5) is 0 Å². The Hall–Kier alpha value is -1.10. The molecule has 2 amide bonds. The first kappa shape index (κ1) is 16.3. The largest absolute Gasteiger partial charge is 0.385 e. The summed E-state index contributed by atoms with van der Waals surface area (Å²) in [6, 6.07) is -0.332. The normalized spacial score (nSPS) is 30.0. The van der Waals surface area contributed by atoms with E-state index in [-0.39, 0.29) is 17.9 Å². The fourth-order valence-corrected chi connectivity index (χ4v) is 3.23. The summed E-state index contributed by atoms with van der Waals surface area (Å²) in [4.78, 5) is 27.3. The smallest absolute Gasteiger partial charge is 0.249 e. The van der Waals surface area contributed by atoms with Crippen LogP contribution >= 0.6 is 0 Å². The lowest BCUT2D eigenvalue weighted by Gasteiger charge is -2.45. The molecular formula is C16H28N2O3. The van der Waals surface area contributed by atoms with Gasteiger partial charge in [-0.25, -0.2) is 0 Å². The molecule has 0 aromatic rings. The Morgan fingerprint density at radius 2 is 2.05 bits per heavy atom. The van der Waals surface area contributed by atoms with Crippen LogP contribution in [0.3, 0.4) is 0 Å². The maximum Gasteiger partial charge on any atom is 0.249 e. The fourth-order valence-electron chi connectivity index (χ4n) is 3.23. The molecule has 5 heteroatoms. The van der Waals surface area contributed by atoms with Gasteiger partial charge in [0, 0.05) is 20.3 Å². The highest BCUT2D eigenvalue weighted by atomic mass is 16.5. The number of nitrogens with zero attached hydrogens (tertiary/aromatic N) is 1. The lowest BCUT2D eigenvalue weighted by Crippen LogP contribution is -2.70. The molecule has 2 unspecified atom stereocenters. The zero-order valence-corrected chi connectivity index (χ0v) is 13.6. The molecule has 0 aromatic carbocycles. The van der Waals surface area contributed by atoms with Crippen LogP contribution in [0.2, 0.25) is 0 Å². The van der Waals surface area contributed by atoms with Gasteiger partial charge in [0.05, 0.1) is 0 Å². The Morgan fingerprint density at radius 3 is 2.57 bits per heavy atom. The van der Waals surface area contributed by atoms with Crippen LogP contribution < -0.4 is 5.32 Å². The first-order valence-corrected chi connectivity index (χ1v) is 8.02. The number of amides is 2. The van der Waals surface area contributed by atoms with Gasteiger partial charge in [0.15, 0.2) is 0 Å². The van der Waals surface area contributed by atoms with Crippen molar-refractivity contribution in [1.82, 2.24) is 10.2 Å². The topological polar surface area (TPSA) is 58.6 Å². The van der Waals surface area contributed by atoms with Crippen molar-refractivity contribution in [1.29, 1.82) is 0 Å². The second-order valence-corrected chi connectivity index (χ2v) is 6.96. The lowest BCUT2D eigenvalue weighted by molar-refractivity contribution is -0.156. The predicted molar refractivity (Wildman–Crippen MR) is 80.7 cm³/mol. The standard InChI is InChI=1S/C16H28N2O3/c1-11(2)10-13-14(19)17-16(3,12-6-7-12)15(20)18(13)8-5-9-21-4/h11-13H,5-10H2,1-4H3,(H,17,19). The van der Waals surface area contributed by atoms with Gasteiger partial charge in [0.2, 0.25) is 11.8 Å². The van der Waals surface area contributed by atoms with E-state index in [1.54, 1.807) is 12.0 Å². The number of hydrogen-bond donors (Lipinski definition) is 1. The average Bonchev–Trinajstić information content (AvgIpc) is 3.23. The second kappa shape index (κ2) is 6.34. The molecule has 1 saturated heterocycles. The van der Waals surface area contributed by atoms with Crippen LogP contribution in [0.15, 0.2) is 0 Å². The van der Waals surface area contributed by atoms with E-state index in [0.717, 1.165) is 19.3 Å². The monoisotopic (exact) mass is 296 g/mol. The minimum absolute atomic E-state index is 0.00937. The van der Waals surface area contributed by atoms with E-state index in [4.69, 9.17) is 4.74 Å². The summed E-state index contributed by atoms with van der Waals surface area (Å²) in [6.07, 6.45) is 3.54. The van der Waals surface area contributed by atoms with Gasteiger partial charge in [0.1, 0.15) is 11.6 Å². The van der Waals surface area contributed by atoms with Gasteiger partial charge in [-0.15, -0.1) is 0 Å². The number of rotatable bonds is 7. The molecule has 1 heterocycles. The van der Waals surface area contributed by atoms with E-state index >= 15 is 0 Å². The number of carbonyl (C=O) groups excluding carboxylic acids is 2. The first-order valence-electron chi connectivity index (χ1n) is 8.02. The molecule has 0 bridgehead atoms. The van der Waals surface area contributed by atoms with Crippen molar-refractivity contribution >= 4 is 11.8 Å². The molecule has 120 valence electrons. The van der Waals surface area contributed by atoms with E-state index < -0.39 is 5.54 Å². The van der Waals surface area contributed by atoms with Gasteiger partial charge < -0.3 is 15.0 Å². The van der Waals surface area contributed by atoms with E-state index in [1.807, 2.05) is 6.92 Å². The highest BCUT2D eigenvalue weighted by Crippen LogP contribution is 2.42. The Labute approximate surface area is 127 Å². The quantitative estimate of drug-likeness (QED) is 0.725. The summed E-state index contributed by atoms with van der Waals surface area (Å²) in [6.45, 7) is 7.26. The van der Waals surface area contributed by atoms with Gasteiger partial charge in [-0.3, -0.25) is 9.59 Å². The van der Waals surface area contributed by atoms with Crippen molar-refractivity contribution < 1.29 is 14.3 Å². The number of piperazine rings is 1. The summed E-state index contributed by atoms with van der Waals surface area (Å²) in [7, 11) is 1.66. The molecule has 5 nitrogen and oxygen atoms in total. The molecular weight excluding hydrogens is 268 g/mol. The summed E-state index contributed by atoms with van der Waals surface area (Å²) < 4.78 is 5.08. The molecule has 1 aliphatic heterocycles. The summed E-state index contributed by atoms with van der Waals surface area (Å²) >= 11 is 0. The van der Waals surface area contributed by atoms with Crippen molar-refractivity contribution in [2.75, 3.05) is 20.3 Å². The number of hydrogen-bond acceptors (Lipinski definition) is 3. The molecule has 0 radical (unpaired) electrons. The maximum atomic E-state index is 12.9. The predicted octanol–water partition coefficient (Wildman–Crippen LogP) is 1.56. The van der Waals surface area contributed by atoms with Crippen LogP contribution in [0, 0.1) is 11.8 Å². The summed E-state index contributed by atoms with van der Waals surface area (Å²) in [5.74, 6) is 0.782. The van der Waals surface area contributed by atoms with Crippen LogP contribution in [0.25, 0.3) is 0 Å². The highest BCUT2D eigenvalue weighted by molar-refractivity contribution is 6.00. The lowest BCUT2D eigenvalue weighted by atomic mass is 9.87. The third kappa shape index (κ3) is 3.39. The van der Waals surface area contributed by atoms with Crippen molar-refractivity contribution in [3.63, 3.8) is 0 Å². The minimum Gasteiger partial charge on any atom is -0.385 e. The minimum atomic E-state index is -0.697. The second-order valence-electron chi connectivity index (χ2n) is 6.96. The molecule has 2 aliphatic rings. The van der Waals surface area contributed by atoms with Crippen LogP contribution in [-0.4, -0.2) is 48.6 Å². The van der Waals surface area contributed by atoms with Gasteiger partial charge in [-0.05, 0) is 44.4 Å². The van der Waals surface area contributed by atoms with E-state index in [0.29, 0.717) is 31.4 Å². The third-order valence-corrected chi connectivity index (χ3v) is 4.60. The Balaban J connectivity index is 2.16. The molecule has 1 saturated carbocycles. The van der Waals surface area contributed by atoms with Crippen LogP contribution in [-0.2, 0) is 14.3 Å². The van der Waals surface area contributed by atoms with Gasteiger partial charge in [0.25, 0.3) is 0 Å². The molecule has 0 aromatic heterocycles. The van der Waals surface area contributed by atoms with Crippen molar-refractivity contribution in [3.05, 3.63) is 0 Å². The van der Waals surface area contributed by atoms with Crippen molar-refractivity contribution in [3.8, 4) is 0 Å². The van der Waals surface area contributed by atoms with E-state index in [9.17, 15) is 9.59 Å². The summed E-state index contributed by atoms with van der Waals surface area (Å²) in [5, 5.41) is 3.02. The molecule has 2 rings (SSSR count). The Morgan fingerprint density at radius 1 is 1.38 bits per heavy atom. The number of ether oxygens (including phenoxy) is 1. The number of carbonyl (C=O) groups is 2. The highest BCUT2D eigenvalue weighted by Gasteiger charge is 2.55. The zero-order chi connectivity index (χ0) is 15.6. The van der Waals surface area contributed by atoms with Crippen LogP contribution in [0.5, 0.6) is 0 Å². The molecule has 21 heavy (non-hydrogen) atoms. The summed E-state index contributed by atoms with van der Waals surface area (Å²) in [5.41, 5.74) is -0.697. The van der Waals surface area contributed by atoms with Gasteiger partial charge in [-0.2, -0.15) is 0 Å². The number of nitrogens with one attached hydrogen (secondary N) is 1. The molecule has 1 aliphatic carbocycles. The number of methoxy groups -OCH3 is 1. The SMILES string of the molecule is COCCCN1C(=O)C(C)(C2CC2)NC(=O)C1CC(C)C. The van der Waals surface area contributed by atoms with Gasteiger partial charge >= 0.3 is 0 Å². The van der Waals surface area contributed by atoms with Crippen molar-refractivity contribution in [2.45, 2.75) is 58.0 Å². The van der Waals surface area contributed by atoms with Crippen LogP contribution in [0.1, 0.15) is 46.5 Å². The van der Waals surface area contributed by atoms with E-state index in [2.05, 4.69) is 19.2 Å². The molecule has 2 fully saturated rings. The Bertz CT molecular complexity index is 406. The molecule has 0 spiro atoms. The van der Waals surface area contributed by atoms with Crippen molar-refractivity contribution in [2.24, 2.45) is 11.8 Å². The zero-order valence-electron chi connectivity index (χ0n) is 13.6. The van der Waals surface area contributed by atoms with Gasteiger partial charge in [-0.1, -0.05) is 13.8 Å². The molecule has 2 atom stereocenters. The maximum absolute atomic E-state index is 12.9. The fraction of sp³-hybridized carbons (Fsp3) is 0.875. The average molecular weight is 296 g/mol. The Kier molecular flexibility index (Phi) is 4.91. The first-order chi connectivity index (χ1) is 9.90. The molecule has 1 N–H and O–H groups in total.